The van der Waals surface area contributed by atoms with Gasteiger partial charge < -0.3 is 4.18 Å². The molecule has 11 heteroatoms. The maximum Gasteiger partial charge on any atom is 0.534 e. The van der Waals surface area contributed by atoms with Gasteiger partial charge in [-0.3, -0.25) is 0 Å². The van der Waals surface area contributed by atoms with Crippen LogP contribution in [0.15, 0.2) is 130 Å². The molecule has 6 aromatic carbocycles. The molecule has 0 aliphatic carbocycles. The first-order valence-corrected chi connectivity index (χ1v) is 26.8. The summed E-state index contributed by atoms with van der Waals surface area (Å²) in [4.78, 5) is 0. The Morgan fingerprint density at radius 2 is 1.04 bits per heavy atom. The number of alkyl halides is 3. The molecule has 0 aliphatic rings. The van der Waals surface area contributed by atoms with Gasteiger partial charge in [-0.2, -0.15) is 21.6 Å². The molecule has 54 heavy (non-hydrogen) atoms. The summed E-state index contributed by atoms with van der Waals surface area (Å²) in [5, 5.41) is 6.65. The molecule has 6 aromatic rings. The Kier molecular flexibility index (Phi) is 13.9. The summed E-state index contributed by atoms with van der Waals surface area (Å²) in [6.45, 7) is 14.1. The lowest BCUT2D eigenvalue weighted by Crippen LogP contribution is -2.37. The molecule has 3 nitrogen and oxygen atoms in total. The summed E-state index contributed by atoms with van der Waals surface area (Å²) >= 11 is 6.74. The van der Waals surface area contributed by atoms with Gasteiger partial charge in [0, 0.05) is 21.2 Å². The van der Waals surface area contributed by atoms with Crippen LogP contribution in [0.5, 0.6) is 5.75 Å². The summed E-state index contributed by atoms with van der Waals surface area (Å²) in [5.74, 6) is 8.79. The lowest BCUT2D eigenvalue weighted by molar-refractivity contribution is -0.0500. The predicted octanol–water partition coefficient (Wildman–Crippen LogP) is 11.6. The number of benzene rings is 6. The highest BCUT2D eigenvalue weighted by Gasteiger charge is 2.48. The van der Waals surface area contributed by atoms with Crippen molar-refractivity contribution in [2.24, 2.45) is 0 Å². The molecule has 6 rings (SSSR count). The fraction of sp³-hybridized carbons (Fsp3) is 0.163. The molecular weight excluding hydrogens is 870 g/mol. The highest BCUT2D eigenvalue weighted by Crippen LogP contribution is 2.36. The normalized spacial score (nSPS) is 11.6. The second-order valence-electron chi connectivity index (χ2n) is 14.3. The molecule has 0 saturated carbocycles. The van der Waals surface area contributed by atoms with Gasteiger partial charge in [-0.15, -0.1) is 6.42 Å². The van der Waals surface area contributed by atoms with Gasteiger partial charge in [0.1, 0.15) is 0 Å². The van der Waals surface area contributed by atoms with E-state index in [-0.39, 0.29) is 4.47 Å². The Bertz CT molecular complexity index is 2470. The van der Waals surface area contributed by atoms with Crippen LogP contribution in [0, 0.1) is 24.2 Å². The van der Waals surface area contributed by atoms with Crippen molar-refractivity contribution >= 4 is 90.0 Å². The van der Waals surface area contributed by atoms with Gasteiger partial charge in [0.15, 0.2) is 5.75 Å². The summed E-state index contributed by atoms with van der Waals surface area (Å²) < 4.78 is 63.9. The van der Waals surface area contributed by atoms with Crippen molar-refractivity contribution < 1.29 is 25.8 Å². The number of terminal acetylenes is 1. The van der Waals surface area contributed by atoms with E-state index < -0.39 is 37.5 Å². The Morgan fingerprint density at radius 1 is 0.593 bits per heavy atom. The minimum absolute atomic E-state index is 0.151. The van der Waals surface area contributed by atoms with Crippen molar-refractivity contribution in [2.45, 2.75) is 44.8 Å². The lowest BCUT2D eigenvalue weighted by atomic mass is 10.1. The zero-order valence-corrected chi connectivity index (χ0v) is 36.6. The zero-order valence-electron chi connectivity index (χ0n) is 30.6. The van der Waals surface area contributed by atoms with E-state index in [9.17, 15) is 21.6 Å². The molecule has 0 radical (unpaired) electrons. The van der Waals surface area contributed by atoms with Crippen molar-refractivity contribution in [3.63, 3.8) is 0 Å². The van der Waals surface area contributed by atoms with Gasteiger partial charge in [-0.05, 0) is 89.8 Å². The van der Waals surface area contributed by atoms with E-state index in [2.05, 4.69) is 166 Å². The molecule has 0 atom stereocenters. The van der Waals surface area contributed by atoms with Crippen LogP contribution in [-0.2, 0) is 10.1 Å². The predicted molar refractivity (Wildman–Crippen MR) is 232 cm³/mol. The van der Waals surface area contributed by atoms with E-state index in [4.69, 9.17) is 6.42 Å². The third-order valence-electron chi connectivity index (χ3n) is 8.18. The Labute approximate surface area is 335 Å². The minimum Gasteiger partial charge on any atom is -0.375 e. The quantitative estimate of drug-likeness (QED) is 0.0766. The molecular formula is C43H39Br2F3O3SSi2. The van der Waals surface area contributed by atoms with E-state index in [0.717, 1.165) is 32.6 Å². The van der Waals surface area contributed by atoms with Crippen LogP contribution in [0.2, 0.25) is 39.3 Å². The Balaban J connectivity index is 0.000000190. The van der Waals surface area contributed by atoms with Gasteiger partial charge in [0.25, 0.3) is 0 Å². The molecule has 0 amide bonds. The monoisotopic (exact) mass is 906 g/mol. The molecule has 0 heterocycles. The largest absolute Gasteiger partial charge is 0.534 e. The van der Waals surface area contributed by atoms with E-state index in [1.54, 1.807) is 24.3 Å². The molecule has 0 spiro atoms. The molecule has 0 aliphatic heterocycles. The van der Waals surface area contributed by atoms with Crippen LogP contribution >= 0.6 is 31.9 Å². The number of hydrogen-bond acceptors (Lipinski definition) is 3. The van der Waals surface area contributed by atoms with Crippen molar-refractivity contribution in [1.29, 1.82) is 0 Å². The van der Waals surface area contributed by atoms with Crippen molar-refractivity contribution in [3.8, 4) is 29.9 Å². The highest BCUT2D eigenvalue weighted by molar-refractivity contribution is 9.11. The second-order valence-corrected chi connectivity index (χ2v) is 27.6. The molecule has 0 saturated heterocycles. The van der Waals surface area contributed by atoms with Crippen LogP contribution in [0.25, 0.3) is 21.5 Å². The van der Waals surface area contributed by atoms with Gasteiger partial charge in [-0.25, -0.2) is 0 Å². The van der Waals surface area contributed by atoms with Crippen LogP contribution in [0.4, 0.5) is 13.2 Å². The van der Waals surface area contributed by atoms with E-state index in [0.29, 0.717) is 5.39 Å². The Morgan fingerprint density at radius 3 is 1.50 bits per heavy atom. The third kappa shape index (κ3) is 11.2. The van der Waals surface area contributed by atoms with Crippen molar-refractivity contribution in [1.82, 2.24) is 0 Å². The first kappa shape index (κ1) is 42.6. The van der Waals surface area contributed by atoms with Crippen molar-refractivity contribution in [3.05, 3.63) is 147 Å². The summed E-state index contributed by atoms with van der Waals surface area (Å²) in [6, 6.07) is 39.1. The fourth-order valence-electron chi connectivity index (χ4n) is 5.03. The molecule has 0 fully saturated rings. The summed E-state index contributed by atoms with van der Waals surface area (Å²) in [6.07, 6.45) is 5.27. The number of rotatable bonds is 4. The first-order chi connectivity index (χ1) is 25.2. The Hall–Kier alpha value is -4.11. The van der Waals surface area contributed by atoms with Gasteiger partial charge in [0.05, 0.1) is 20.6 Å². The zero-order chi connectivity index (χ0) is 39.9. The van der Waals surface area contributed by atoms with Crippen molar-refractivity contribution in [2.75, 3.05) is 0 Å². The highest BCUT2D eigenvalue weighted by atomic mass is 79.9. The molecule has 278 valence electrons. The van der Waals surface area contributed by atoms with Gasteiger partial charge in [0.2, 0.25) is 0 Å². The van der Waals surface area contributed by atoms with Crippen LogP contribution in [0.3, 0.4) is 0 Å². The van der Waals surface area contributed by atoms with E-state index in [1.807, 2.05) is 12.1 Å². The fourth-order valence-corrected chi connectivity index (χ4v) is 9.11. The van der Waals surface area contributed by atoms with E-state index in [1.165, 1.54) is 27.2 Å². The first-order valence-electron chi connectivity index (χ1n) is 16.8. The average Bonchev–Trinajstić information content (AvgIpc) is 3.12. The van der Waals surface area contributed by atoms with E-state index >= 15 is 0 Å². The maximum atomic E-state index is 12.2. The third-order valence-corrected chi connectivity index (χ3v) is 15.0. The minimum atomic E-state index is -5.67. The molecule has 0 N–H and O–H groups in total. The summed E-state index contributed by atoms with van der Waals surface area (Å²) in [7, 11) is -8.05. The molecule has 0 bridgehead atoms. The topological polar surface area (TPSA) is 43.4 Å². The molecule has 0 unspecified atom stereocenters. The van der Waals surface area contributed by atoms with Crippen LogP contribution in [0.1, 0.15) is 16.7 Å². The smallest absolute Gasteiger partial charge is 0.375 e. The standard InChI is InChI=1S/C21H19BrSi.C11H6BrF3O3S.C11H14Si/c1-23(2,3)19-14-9-16(10-15-19)8-11-18-13-12-17-6-4-5-7-20(17)21(18)22;12-10-8-4-2-1-3-7(8)5-6-9(10)18-19(16,17)11(13,14)15;1-5-10-6-8-11(9-7-10)12(2,3)4/h4-7,9-10,12-15H,1-3H3;1-6H;1,6-9H,2-4H3. The van der Waals surface area contributed by atoms with Gasteiger partial charge >= 0.3 is 15.6 Å². The average molecular weight is 909 g/mol. The van der Waals surface area contributed by atoms with Crippen LogP contribution in [-0.4, -0.2) is 30.1 Å². The second kappa shape index (κ2) is 17.6. The van der Waals surface area contributed by atoms with Crippen LogP contribution < -0.4 is 14.6 Å². The SMILES string of the molecule is C#Cc1ccc([Si](C)(C)C)cc1.C[Si](C)(C)c1ccc(C#Cc2ccc3ccccc3c2Br)cc1.O=S(=O)(Oc1ccc2ccccc2c1Br)C(F)(F)F. The summed E-state index contributed by atoms with van der Waals surface area (Å²) in [5.41, 5.74) is -2.40. The number of fused-ring (bicyclic) bond motifs is 2. The maximum absolute atomic E-state index is 12.2. The molecule has 0 aromatic heterocycles. The van der Waals surface area contributed by atoms with Gasteiger partial charge in [-0.1, -0.05) is 152 Å². The number of hydrogen-bond donors (Lipinski definition) is 0. The lowest BCUT2D eigenvalue weighted by Gasteiger charge is -2.15. The number of halogens is 5.